The van der Waals surface area contributed by atoms with Crippen molar-refractivity contribution in [2.75, 3.05) is 39.5 Å². The molecule has 0 aliphatic rings. The van der Waals surface area contributed by atoms with Crippen LogP contribution in [0.25, 0.3) is 0 Å². The largest absolute Gasteiger partial charge is 0.356 e. The smallest absolute Gasteiger partial charge is 0.211 e. The van der Waals surface area contributed by atoms with Crippen LogP contribution < -0.4 is 10.6 Å². The van der Waals surface area contributed by atoms with Gasteiger partial charge in [0.1, 0.15) is 0 Å². The van der Waals surface area contributed by atoms with Gasteiger partial charge in [0.05, 0.1) is 6.26 Å². The lowest BCUT2D eigenvalue weighted by Crippen LogP contribution is -2.39. The molecule has 0 fully saturated rings. The number of nitrogens with one attached hydrogen (secondary N) is 2. The van der Waals surface area contributed by atoms with Gasteiger partial charge in [-0.3, -0.25) is 4.99 Å². The molecular formula is C15H35IN4O2S. The molecule has 23 heavy (non-hydrogen) atoms. The summed E-state index contributed by atoms with van der Waals surface area (Å²) in [5.41, 5.74) is 0. The zero-order valence-electron chi connectivity index (χ0n) is 15.3. The Morgan fingerprint density at radius 1 is 1.13 bits per heavy atom. The molecule has 0 rings (SSSR count). The molecule has 8 heteroatoms. The molecule has 0 heterocycles. The van der Waals surface area contributed by atoms with Crippen molar-refractivity contribution in [1.29, 1.82) is 0 Å². The normalized spacial score (nSPS) is 12.4. The molecule has 0 saturated heterocycles. The van der Waals surface area contributed by atoms with Crippen LogP contribution in [0.4, 0.5) is 0 Å². The quantitative estimate of drug-likeness (QED) is 0.214. The maximum absolute atomic E-state index is 11.5. The first-order valence-electron chi connectivity index (χ1n) is 8.20. The molecule has 0 aliphatic carbocycles. The highest BCUT2D eigenvalue weighted by Crippen LogP contribution is 2.05. The van der Waals surface area contributed by atoms with Crippen molar-refractivity contribution in [2.45, 2.75) is 46.5 Å². The number of rotatable bonds is 11. The Kier molecular flexibility index (Phi) is 15.6. The molecule has 0 aliphatic heterocycles. The molecule has 0 aromatic rings. The Balaban J connectivity index is 0. The van der Waals surface area contributed by atoms with E-state index in [-0.39, 0.29) is 24.0 Å². The van der Waals surface area contributed by atoms with E-state index in [0.717, 1.165) is 31.3 Å². The number of guanidine groups is 1. The summed E-state index contributed by atoms with van der Waals surface area (Å²) in [5, 5.41) is 6.50. The van der Waals surface area contributed by atoms with E-state index >= 15 is 0 Å². The fourth-order valence-electron chi connectivity index (χ4n) is 2.13. The highest BCUT2D eigenvalue weighted by atomic mass is 127. The van der Waals surface area contributed by atoms with Gasteiger partial charge in [0, 0.05) is 33.2 Å². The van der Waals surface area contributed by atoms with E-state index < -0.39 is 10.0 Å². The van der Waals surface area contributed by atoms with Crippen LogP contribution in [-0.2, 0) is 10.0 Å². The van der Waals surface area contributed by atoms with Gasteiger partial charge in [0.25, 0.3) is 0 Å². The fourth-order valence-corrected chi connectivity index (χ4v) is 3.06. The molecule has 140 valence electrons. The first-order chi connectivity index (χ1) is 10.3. The van der Waals surface area contributed by atoms with Crippen molar-refractivity contribution < 1.29 is 8.42 Å². The second-order valence-corrected chi connectivity index (χ2v) is 7.91. The van der Waals surface area contributed by atoms with Gasteiger partial charge in [0.15, 0.2) is 5.96 Å². The number of aliphatic imine (C=N–C) groups is 1. The number of sulfonamides is 1. The van der Waals surface area contributed by atoms with Gasteiger partial charge in [-0.05, 0) is 18.8 Å². The number of hydrogen-bond acceptors (Lipinski definition) is 3. The highest BCUT2D eigenvalue weighted by Gasteiger charge is 2.13. The summed E-state index contributed by atoms with van der Waals surface area (Å²) in [6.45, 7) is 9.00. The first kappa shape index (κ1) is 25.2. The van der Waals surface area contributed by atoms with Gasteiger partial charge in [-0.15, -0.1) is 24.0 Å². The van der Waals surface area contributed by atoms with E-state index in [4.69, 9.17) is 0 Å². The van der Waals surface area contributed by atoms with Crippen LogP contribution in [0.3, 0.4) is 0 Å². The van der Waals surface area contributed by atoms with Gasteiger partial charge in [-0.25, -0.2) is 12.7 Å². The summed E-state index contributed by atoms with van der Waals surface area (Å²) in [6.07, 6.45) is 5.63. The Bertz CT molecular complexity index is 414. The van der Waals surface area contributed by atoms with Gasteiger partial charge in [0.2, 0.25) is 10.0 Å². The van der Waals surface area contributed by atoms with E-state index in [9.17, 15) is 8.42 Å². The summed E-state index contributed by atoms with van der Waals surface area (Å²) in [4.78, 5) is 4.17. The van der Waals surface area contributed by atoms with E-state index in [1.54, 1.807) is 7.05 Å². The van der Waals surface area contributed by atoms with Crippen molar-refractivity contribution >= 4 is 40.0 Å². The molecule has 0 saturated carbocycles. The van der Waals surface area contributed by atoms with Crippen LogP contribution in [0.15, 0.2) is 4.99 Å². The van der Waals surface area contributed by atoms with Crippen molar-refractivity contribution in [3.05, 3.63) is 0 Å². The molecule has 0 aromatic heterocycles. The zero-order chi connectivity index (χ0) is 17.0. The van der Waals surface area contributed by atoms with Crippen LogP contribution >= 0.6 is 24.0 Å². The predicted octanol–water partition coefficient (Wildman–Crippen LogP) is 2.27. The second-order valence-electron chi connectivity index (χ2n) is 5.92. The molecule has 0 spiro atoms. The van der Waals surface area contributed by atoms with Gasteiger partial charge < -0.3 is 10.6 Å². The topological polar surface area (TPSA) is 73.8 Å². The summed E-state index contributed by atoms with van der Waals surface area (Å²) >= 11 is 0. The molecular weight excluding hydrogens is 427 g/mol. The van der Waals surface area contributed by atoms with E-state index in [0.29, 0.717) is 19.6 Å². The Hall–Kier alpha value is -0.0900. The highest BCUT2D eigenvalue weighted by molar-refractivity contribution is 14.0. The molecule has 0 unspecified atom stereocenters. The molecule has 2 N–H and O–H groups in total. The minimum absolute atomic E-state index is 0. The first-order valence-corrected chi connectivity index (χ1v) is 10.1. The number of nitrogens with zero attached hydrogens (tertiary/aromatic N) is 2. The fraction of sp³-hybridized carbons (Fsp3) is 0.933. The average Bonchev–Trinajstić information content (AvgIpc) is 2.42. The number of halogens is 1. The second kappa shape index (κ2) is 14.3. The minimum Gasteiger partial charge on any atom is -0.356 e. The van der Waals surface area contributed by atoms with Gasteiger partial charge in [-0.1, -0.05) is 33.6 Å². The van der Waals surface area contributed by atoms with Gasteiger partial charge in [-0.2, -0.15) is 0 Å². The summed E-state index contributed by atoms with van der Waals surface area (Å²) in [7, 11) is -1.34. The number of unbranched alkanes of at least 4 members (excludes halogenated alkanes) is 1. The van der Waals surface area contributed by atoms with Crippen molar-refractivity contribution in [1.82, 2.24) is 14.9 Å². The number of hydrogen-bond donors (Lipinski definition) is 2. The van der Waals surface area contributed by atoms with Crippen LogP contribution in [0, 0.1) is 5.92 Å². The lowest BCUT2D eigenvalue weighted by Gasteiger charge is -2.18. The van der Waals surface area contributed by atoms with Crippen LogP contribution in [0.5, 0.6) is 0 Å². The Labute approximate surface area is 160 Å². The molecule has 0 atom stereocenters. The minimum atomic E-state index is -3.09. The van der Waals surface area contributed by atoms with Crippen LogP contribution in [0.1, 0.15) is 46.5 Å². The lowest BCUT2D eigenvalue weighted by molar-refractivity contribution is 0.424. The molecule has 0 amide bonds. The summed E-state index contributed by atoms with van der Waals surface area (Å²) in [6, 6.07) is 0. The van der Waals surface area contributed by atoms with E-state index in [2.05, 4.69) is 29.5 Å². The zero-order valence-corrected chi connectivity index (χ0v) is 18.4. The van der Waals surface area contributed by atoms with E-state index in [1.165, 1.54) is 23.4 Å². The predicted molar refractivity (Wildman–Crippen MR) is 110 cm³/mol. The van der Waals surface area contributed by atoms with E-state index in [1.807, 2.05) is 6.92 Å². The monoisotopic (exact) mass is 462 g/mol. The molecule has 0 aromatic carbocycles. The summed E-state index contributed by atoms with van der Waals surface area (Å²) < 4.78 is 24.4. The average molecular weight is 462 g/mol. The maximum Gasteiger partial charge on any atom is 0.211 e. The third-order valence-electron chi connectivity index (χ3n) is 3.42. The van der Waals surface area contributed by atoms with Crippen molar-refractivity contribution in [3.63, 3.8) is 0 Å². The molecule has 0 radical (unpaired) electrons. The molecule has 0 bridgehead atoms. The van der Waals surface area contributed by atoms with Crippen molar-refractivity contribution in [2.24, 2.45) is 10.9 Å². The SMILES string of the molecule is CCN(CCCNC(=NC)NCCCCC(C)C)S(C)(=O)=O.I. The third kappa shape index (κ3) is 14.0. The van der Waals surface area contributed by atoms with Crippen LogP contribution in [-0.4, -0.2) is 58.2 Å². The standard InChI is InChI=1S/C15H34N4O2S.HI/c1-6-19(22(5,20)21)13-9-12-18-15(16-4)17-11-8-7-10-14(2)3;/h14H,6-13H2,1-5H3,(H2,16,17,18);1H. The molecule has 6 nitrogen and oxygen atoms in total. The van der Waals surface area contributed by atoms with Gasteiger partial charge >= 0.3 is 0 Å². The van der Waals surface area contributed by atoms with Crippen molar-refractivity contribution in [3.8, 4) is 0 Å². The Morgan fingerprint density at radius 2 is 1.70 bits per heavy atom. The summed E-state index contributed by atoms with van der Waals surface area (Å²) in [5.74, 6) is 1.54. The van der Waals surface area contributed by atoms with Crippen LogP contribution in [0.2, 0.25) is 0 Å². The Morgan fingerprint density at radius 3 is 2.13 bits per heavy atom. The maximum atomic E-state index is 11.5. The third-order valence-corrected chi connectivity index (χ3v) is 4.80. The lowest BCUT2D eigenvalue weighted by atomic mass is 10.1.